The van der Waals surface area contributed by atoms with Crippen molar-refractivity contribution >= 4 is 33.7 Å². The van der Waals surface area contributed by atoms with Crippen LogP contribution in [0, 0.1) is 0 Å². The highest BCUT2D eigenvalue weighted by Gasteiger charge is 2.51. The molecule has 0 N–H and O–H groups in total. The number of pyridine rings is 1. The quantitative estimate of drug-likeness (QED) is 0.168. The van der Waals surface area contributed by atoms with Gasteiger partial charge in [-0.3, -0.25) is 0 Å². The molecule has 2 aliphatic carbocycles. The summed E-state index contributed by atoms with van der Waals surface area (Å²) < 4.78 is 2.06. The smallest absolute Gasteiger partial charge is 0.137 e. The molecule has 5 heteroatoms. The van der Waals surface area contributed by atoms with Crippen LogP contribution in [-0.4, -0.2) is 19.4 Å². The van der Waals surface area contributed by atoms with Gasteiger partial charge < -0.3 is 9.30 Å². The van der Waals surface area contributed by atoms with Crippen molar-refractivity contribution in [3.05, 3.63) is 247 Å². The van der Waals surface area contributed by atoms with Gasteiger partial charge in [0.05, 0.1) is 33.5 Å². The van der Waals surface area contributed by atoms with E-state index in [4.69, 9.17) is 15.0 Å². The van der Waals surface area contributed by atoms with E-state index in [1.54, 1.807) is 0 Å². The van der Waals surface area contributed by atoms with Crippen LogP contribution in [0.15, 0.2) is 225 Å². The van der Waals surface area contributed by atoms with E-state index in [1.807, 2.05) is 36.5 Å². The fraction of sp³-hybridized carbons (Fsp3) is 0.0172. The summed E-state index contributed by atoms with van der Waals surface area (Å²) in [5.41, 5.74) is 21.5. The predicted molar refractivity (Wildman–Crippen MR) is 256 cm³/mol. The lowest BCUT2D eigenvalue weighted by molar-refractivity contribution is 0.794. The van der Waals surface area contributed by atoms with Crippen LogP contribution in [0.5, 0.6) is 0 Å². The minimum absolute atomic E-state index is 0.451. The fourth-order valence-corrected chi connectivity index (χ4v) is 10.3. The Bertz CT molecular complexity index is 3470. The second-order valence-corrected chi connectivity index (χ2v) is 16.4. The summed E-state index contributed by atoms with van der Waals surface area (Å²) >= 11 is 0. The van der Waals surface area contributed by atoms with Crippen LogP contribution in [0.3, 0.4) is 0 Å². The lowest BCUT2D eigenvalue weighted by Crippen LogP contribution is -2.25. The van der Waals surface area contributed by atoms with Crippen molar-refractivity contribution in [1.82, 2.24) is 19.4 Å². The van der Waals surface area contributed by atoms with E-state index in [2.05, 4.69) is 197 Å². The molecule has 1 spiro atoms. The minimum atomic E-state index is -0.451. The molecule has 0 bridgehead atoms. The maximum Gasteiger partial charge on any atom is 0.137 e. The summed E-state index contributed by atoms with van der Waals surface area (Å²) in [5.74, 6) is 0. The minimum Gasteiger partial charge on any atom is -0.311 e. The Balaban J connectivity index is 0.941. The number of nitrogens with zero attached hydrogens (tertiary/aromatic N) is 5. The molecule has 63 heavy (non-hydrogen) atoms. The van der Waals surface area contributed by atoms with Gasteiger partial charge in [-0.05, 0) is 111 Å². The summed E-state index contributed by atoms with van der Waals surface area (Å²) in [6, 6.07) is 76.0. The zero-order valence-corrected chi connectivity index (χ0v) is 34.1. The van der Waals surface area contributed by atoms with Crippen LogP contribution in [-0.2, 0) is 5.41 Å². The number of imidazole rings is 1. The third-order valence-electron chi connectivity index (χ3n) is 13.0. The molecule has 0 fully saturated rings. The van der Waals surface area contributed by atoms with Gasteiger partial charge in [-0.15, -0.1) is 0 Å². The number of benzene rings is 8. The van der Waals surface area contributed by atoms with Crippen molar-refractivity contribution in [2.24, 2.45) is 0 Å². The summed E-state index contributed by atoms with van der Waals surface area (Å²) in [4.78, 5) is 17.9. The normalized spacial score (nSPS) is 12.9. The molecular formula is C58H37N5. The molecule has 3 aromatic heterocycles. The van der Waals surface area contributed by atoms with Crippen LogP contribution in [0.25, 0.3) is 72.7 Å². The molecule has 0 unspecified atom stereocenters. The van der Waals surface area contributed by atoms with E-state index < -0.39 is 5.41 Å². The van der Waals surface area contributed by atoms with Gasteiger partial charge in [0, 0.05) is 46.1 Å². The van der Waals surface area contributed by atoms with E-state index in [9.17, 15) is 0 Å². The van der Waals surface area contributed by atoms with Gasteiger partial charge in [-0.2, -0.15) is 0 Å². The van der Waals surface area contributed by atoms with Gasteiger partial charge in [-0.25, -0.2) is 15.0 Å². The Hall–Kier alpha value is -8.41. The molecule has 8 aromatic carbocycles. The molecule has 5 nitrogen and oxygen atoms in total. The van der Waals surface area contributed by atoms with Gasteiger partial charge >= 0.3 is 0 Å². The molecule has 11 aromatic rings. The van der Waals surface area contributed by atoms with Gasteiger partial charge in [0.15, 0.2) is 0 Å². The number of fused-ring (bicyclic) bond motifs is 12. The third kappa shape index (κ3) is 5.33. The molecule has 0 atom stereocenters. The van der Waals surface area contributed by atoms with Crippen molar-refractivity contribution in [2.45, 2.75) is 5.41 Å². The predicted octanol–water partition coefficient (Wildman–Crippen LogP) is 14.1. The number of aromatic nitrogens is 4. The molecular weight excluding hydrogens is 767 g/mol. The van der Waals surface area contributed by atoms with E-state index in [0.717, 1.165) is 67.5 Å². The molecule has 0 saturated carbocycles. The van der Waals surface area contributed by atoms with Gasteiger partial charge in [-0.1, -0.05) is 146 Å². The van der Waals surface area contributed by atoms with E-state index in [1.165, 1.54) is 44.5 Å². The first kappa shape index (κ1) is 35.4. The number of para-hydroxylation sites is 3. The molecule has 13 rings (SSSR count). The molecule has 2 aliphatic rings. The number of anilines is 3. The average molecular weight is 804 g/mol. The summed E-state index contributed by atoms with van der Waals surface area (Å²) in [7, 11) is 0. The van der Waals surface area contributed by atoms with Crippen molar-refractivity contribution in [3.63, 3.8) is 0 Å². The summed E-state index contributed by atoms with van der Waals surface area (Å²) in [6.45, 7) is 0. The second kappa shape index (κ2) is 13.8. The highest BCUT2D eigenvalue weighted by Crippen LogP contribution is 2.63. The monoisotopic (exact) mass is 803 g/mol. The lowest BCUT2D eigenvalue weighted by atomic mass is 9.70. The standard InChI is InChI=1S/C58H37N5/c1-2-14-41(15-3-1)63(42-30-25-38(26-31-42)54-37-62-35-13-12-24-55(62)59-54)43-32-27-39(28-33-43)56-57(61-53-23-11-10-22-52(53)60-56)40-29-34-47-46-18-6-9-21-50(46)58(51(47)36-40)48-19-7-4-16-44(48)45-17-5-8-20-49(45)58/h1-37H. The van der Waals surface area contributed by atoms with Crippen LogP contribution >= 0.6 is 0 Å². The highest BCUT2D eigenvalue weighted by atomic mass is 15.1. The van der Waals surface area contributed by atoms with E-state index in [-0.39, 0.29) is 0 Å². The Morgan fingerprint density at radius 3 is 1.44 bits per heavy atom. The molecule has 3 heterocycles. The van der Waals surface area contributed by atoms with Gasteiger partial charge in [0.1, 0.15) is 5.65 Å². The molecule has 0 radical (unpaired) electrons. The largest absolute Gasteiger partial charge is 0.311 e. The van der Waals surface area contributed by atoms with Gasteiger partial charge in [0.25, 0.3) is 0 Å². The SMILES string of the molecule is c1ccc(N(c2ccc(-c3cn4ccccc4n3)cc2)c2ccc(-c3nc4ccccc4nc3-c3ccc4c(c3)C3(c5ccccc5-c5ccccc53)c3ccccc3-4)cc2)cc1. The molecule has 294 valence electrons. The van der Waals surface area contributed by atoms with Crippen LogP contribution in [0.2, 0.25) is 0 Å². The van der Waals surface area contributed by atoms with Gasteiger partial charge in [0.2, 0.25) is 0 Å². The zero-order valence-electron chi connectivity index (χ0n) is 34.1. The van der Waals surface area contributed by atoms with Crippen molar-refractivity contribution in [2.75, 3.05) is 4.90 Å². The Labute approximate surface area is 364 Å². The van der Waals surface area contributed by atoms with Crippen molar-refractivity contribution in [1.29, 1.82) is 0 Å². The van der Waals surface area contributed by atoms with Crippen molar-refractivity contribution < 1.29 is 0 Å². The van der Waals surface area contributed by atoms with Crippen molar-refractivity contribution in [3.8, 4) is 56.0 Å². The Morgan fingerprint density at radius 1 is 0.365 bits per heavy atom. The lowest BCUT2D eigenvalue weighted by Gasteiger charge is -2.30. The Morgan fingerprint density at radius 2 is 0.841 bits per heavy atom. The fourth-order valence-electron chi connectivity index (χ4n) is 10.3. The van der Waals surface area contributed by atoms with Crippen LogP contribution in [0.4, 0.5) is 17.1 Å². The first-order chi connectivity index (χ1) is 31.2. The maximum absolute atomic E-state index is 5.42. The average Bonchev–Trinajstić information content (AvgIpc) is 4.02. The summed E-state index contributed by atoms with van der Waals surface area (Å²) in [6.07, 6.45) is 4.11. The zero-order chi connectivity index (χ0) is 41.5. The number of hydrogen-bond acceptors (Lipinski definition) is 4. The summed E-state index contributed by atoms with van der Waals surface area (Å²) in [5, 5.41) is 0. The van der Waals surface area contributed by atoms with Crippen LogP contribution < -0.4 is 4.90 Å². The highest BCUT2D eigenvalue weighted by molar-refractivity contribution is 5.97. The number of rotatable bonds is 6. The molecule has 0 saturated heterocycles. The van der Waals surface area contributed by atoms with E-state index in [0.29, 0.717) is 0 Å². The molecule has 0 amide bonds. The first-order valence-electron chi connectivity index (χ1n) is 21.4. The first-order valence-corrected chi connectivity index (χ1v) is 21.4. The topological polar surface area (TPSA) is 46.3 Å². The second-order valence-electron chi connectivity index (χ2n) is 16.4. The maximum atomic E-state index is 5.42. The molecule has 0 aliphatic heterocycles. The third-order valence-corrected chi connectivity index (χ3v) is 13.0. The number of hydrogen-bond donors (Lipinski definition) is 0. The Kier molecular flexibility index (Phi) is 7.75. The van der Waals surface area contributed by atoms with E-state index >= 15 is 0 Å². The van der Waals surface area contributed by atoms with Crippen LogP contribution in [0.1, 0.15) is 22.3 Å².